The Labute approximate surface area is 187 Å². The van der Waals surface area contributed by atoms with Crippen molar-refractivity contribution in [3.8, 4) is 0 Å². The van der Waals surface area contributed by atoms with E-state index < -0.39 is 10.0 Å². The van der Waals surface area contributed by atoms with Crippen molar-refractivity contribution in [2.75, 3.05) is 13.1 Å². The number of hydrogen-bond donors (Lipinski definition) is 0. The number of tetrazole rings is 1. The average Bonchev–Trinajstić information content (AvgIpc) is 3.24. The molecule has 0 saturated carbocycles. The van der Waals surface area contributed by atoms with Crippen molar-refractivity contribution in [3.05, 3.63) is 54.2 Å². The van der Waals surface area contributed by atoms with Gasteiger partial charge < -0.3 is 0 Å². The van der Waals surface area contributed by atoms with Crippen LogP contribution in [0.3, 0.4) is 0 Å². The maximum absolute atomic E-state index is 13.1. The third kappa shape index (κ3) is 5.13. The van der Waals surface area contributed by atoms with Crippen LogP contribution in [0, 0.1) is 5.92 Å². The van der Waals surface area contributed by atoms with Crippen LogP contribution in [-0.2, 0) is 16.4 Å². The van der Waals surface area contributed by atoms with E-state index in [9.17, 15) is 8.42 Å². The lowest BCUT2D eigenvalue weighted by atomic mass is 9.91. The van der Waals surface area contributed by atoms with Gasteiger partial charge in [0.15, 0.2) is 0 Å². The van der Waals surface area contributed by atoms with E-state index in [1.54, 1.807) is 21.1 Å². The number of rotatable bonds is 7. The molecular formula is C21H26N6O2S2. The summed E-state index contributed by atoms with van der Waals surface area (Å²) in [6.07, 6.45) is 4.16. The van der Waals surface area contributed by atoms with Crippen LogP contribution in [-0.4, -0.2) is 51.0 Å². The lowest BCUT2D eigenvalue weighted by Crippen LogP contribution is -2.38. The highest BCUT2D eigenvalue weighted by Gasteiger charge is 2.29. The minimum atomic E-state index is -3.54. The van der Waals surface area contributed by atoms with Crippen LogP contribution >= 0.6 is 11.8 Å². The molecule has 0 bridgehead atoms. The quantitative estimate of drug-likeness (QED) is 0.535. The van der Waals surface area contributed by atoms with Gasteiger partial charge in [0, 0.05) is 19.3 Å². The highest BCUT2D eigenvalue weighted by atomic mass is 32.2. The minimum absolute atomic E-state index is 0.127. The van der Waals surface area contributed by atoms with Gasteiger partial charge in [-0.15, -0.1) is 5.10 Å². The van der Waals surface area contributed by atoms with E-state index in [4.69, 9.17) is 0 Å². The number of sulfonamides is 1. The summed E-state index contributed by atoms with van der Waals surface area (Å²) in [5.41, 5.74) is 1.31. The van der Waals surface area contributed by atoms with E-state index in [0.29, 0.717) is 29.2 Å². The molecule has 31 heavy (non-hydrogen) atoms. The Morgan fingerprint density at radius 3 is 2.48 bits per heavy atom. The fourth-order valence-electron chi connectivity index (χ4n) is 3.70. The van der Waals surface area contributed by atoms with Gasteiger partial charge in [-0.3, -0.25) is 0 Å². The fourth-order valence-corrected chi connectivity index (χ4v) is 5.96. The molecule has 164 valence electrons. The molecule has 2 aromatic heterocycles. The molecule has 1 aliphatic heterocycles. The molecule has 10 heteroatoms. The fraction of sp³-hybridized carbons (Fsp3) is 0.429. The molecule has 0 aliphatic carbocycles. The molecule has 4 rings (SSSR count). The number of piperidine rings is 1. The van der Waals surface area contributed by atoms with Gasteiger partial charge in [0.1, 0.15) is 9.92 Å². The normalized spacial score (nSPS) is 16.1. The molecule has 0 radical (unpaired) electrons. The summed E-state index contributed by atoms with van der Waals surface area (Å²) in [6, 6.07) is 13.8. The molecule has 8 nitrogen and oxygen atoms in total. The first-order chi connectivity index (χ1) is 14.9. The second-order valence-electron chi connectivity index (χ2n) is 7.97. The summed E-state index contributed by atoms with van der Waals surface area (Å²) in [5.74, 6) is 0.512. The molecule has 1 aliphatic rings. The SMILES string of the molecule is CC(C)n1nnnc1Sc1ccc(S(=O)(=O)N2CCC(Cc3ccccc3)CC2)cn1. The first-order valence-corrected chi connectivity index (χ1v) is 12.6. The first kappa shape index (κ1) is 21.9. The zero-order chi connectivity index (χ0) is 21.8. The topological polar surface area (TPSA) is 93.9 Å². The van der Waals surface area contributed by atoms with Crippen molar-refractivity contribution in [2.45, 2.75) is 54.2 Å². The Morgan fingerprint density at radius 1 is 1.10 bits per heavy atom. The highest BCUT2D eigenvalue weighted by molar-refractivity contribution is 7.99. The highest BCUT2D eigenvalue weighted by Crippen LogP contribution is 2.28. The van der Waals surface area contributed by atoms with Crippen molar-refractivity contribution < 1.29 is 8.42 Å². The smallest absolute Gasteiger partial charge is 0.244 e. The van der Waals surface area contributed by atoms with Crippen LogP contribution in [0.1, 0.15) is 38.3 Å². The summed E-state index contributed by atoms with van der Waals surface area (Å²) in [4.78, 5) is 4.56. The van der Waals surface area contributed by atoms with Crippen LogP contribution < -0.4 is 0 Å². The van der Waals surface area contributed by atoms with Gasteiger partial charge in [-0.25, -0.2) is 18.1 Å². The predicted octanol–water partition coefficient (Wildman–Crippen LogP) is 3.44. The van der Waals surface area contributed by atoms with Crippen molar-refractivity contribution in [1.82, 2.24) is 29.5 Å². The molecule has 1 fully saturated rings. The van der Waals surface area contributed by atoms with E-state index in [1.807, 2.05) is 32.0 Å². The Balaban J connectivity index is 1.38. The van der Waals surface area contributed by atoms with Gasteiger partial charge in [0.05, 0.1) is 6.04 Å². The molecule has 0 N–H and O–H groups in total. The number of hydrogen-bond acceptors (Lipinski definition) is 7. The number of pyridine rings is 1. The van der Waals surface area contributed by atoms with Crippen molar-refractivity contribution in [2.24, 2.45) is 5.92 Å². The lowest BCUT2D eigenvalue weighted by molar-refractivity contribution is 0.273. The van der Waals surface area contributed by atoms with E-state index in [0.717, 1.165) is 19.3 Å². The molecular weight excluding hydrogens is 432 g/mol. The third-order valence-corrected chi connectivity index (χ3v) is 8.22. The summed E-state index contributed by atoms with van der Waals surface area (Å²) in [6.45, 7) is 5.07. The minimum Gasteiger partial charge on any atom is -0.248 e. The second-order valence-corrected chi connectivity index (χ2v) is 10.9. The summed E-state index contributed by atoms with van der Waals surface area (Å²) in [5, 5.41) is 13.0. The summed E-state index contributed by atoms with van der Waals surface area (Å²) < 4.78 is 29.4. The zero-order valence-electron chi connectivity index (χ0n) is 17.6. The van der Waals surface area contributed by atoms with Crippen LogP contribution in [0.15, 0.2) is 63.7 Å². The van der Waals surface area contributed by atoms with Crippen molar-refractivity contribution >= 4 is 21.8 Å². The van der Waals surface area contributed by atoms with Gasteiger partial charge >= 0.3 is 0 Å². The monoisotopic (exact) mass is 458 g/mol. The predicted molar refractivity (Wildman–Crippen MR) is 118 cm³/mol. The molecule has 0 amide bonds. The zero-order valence-corrected chi connectivity index (χ0v) is 19.3. The maximum atomic E-state index is 13.1. The standard InChI is InChI=1S/C21H26N6O2S2/c1-16(2)27-21(23-24-25-27)30-20-9-8-19(15-22-20)31(28,29)26-12-10-18(11-13-26)14-17-6-4-3-5-7-17/h3-9,15-16,18H,10-14H2,1-2H3. The van der Waals surface area contributed by atoms with Gasteiger partial charge in [0.2, 0.25) is 15.2 Å². The molecule has 0 unspecified atom stereocenters. The van der Waals surface area contributed by atoms with Gasteiger partial charge in [-0.2, -0.15) is 4.31 Å². The molecule has 0 spiro atoms. The molecule has 3 heterocycles. The summed E-state index contributed by atoms with van der Waals surface area (Å²) in [7, 11) is -3.54. The molecule has 1 aromatic carbocycles. The van der Waals surface area contributed by atoms with Gasteiger partial charge in [0.25, 0.3) is 0 Å². The Morgan fingerprint density at radius 2 is 1.84 bits per heavy atom. The van der Waals surface area contributed by atoms with Crippen LogP contribution in [0.2, 0.25) is 0 Å². The largest absolute Gasteiger partial charge is 0.248 e. The van der Waals surface area contributed by atoms with Crippen LogP contribution in [0.4, 0.5) is 0 Å². The van der Waals surface area contributed by atoms with Crippen molar-refractivity contribution in [3.63, 3.8) is 0 Å². The van der Waals surface area contributed by atoms with E-state index >= 15 is 0 Å². The Hall–Kier alpha value is -2.30. The van der Waals surface area contributed by atoms with E-state index in [2.05, 4.69) is 32.6 Å². The molecule has 3 aromatic rings. The Kier molecular flexibility index (Phi) is 6.68. The number of nitrogens with zero attached hydrogens (tertiary/aromatic N) is 6. The van der Waals surface area contributed by atoms with Gasteiger partial charge in [-0.1, -0.05) is 30.3 Å². The molecule has 1 saturated heterocycles. The summed E-state index contributed by atoms with van der Waals surface area (Å²) >= 11 is 1.31. The maximum Gasteiger partial charge on any atom is 0.244 e. The lowest BCUT2D eigenvalue weighted by Gasteiger charge is -2.31. The van der Waals surface area contributed by atoms with E-state index in [1.165, 1.54) is 23.5 Å². The van der Waals surface area contributed by atoms with Gasteiger partial charge in [-0.05, 0) is 78.9 Å². The van der Waals surface area contributed by atoms with E-state index in [-0.39, 0.29) is 10.9 Å². The second kappa shape index (κ2) is 9.46. The van der Waals surface area contributed by atoms with Crippen LogP contribution in [0.25, 0.3) is 0 Å². The first-order valence-electron chi connectivity index (χ1n) is 10.4. The number of aromatic nitrogens is 5. The Bertz CT molecular complexity index is 1090. The third-order valence-electron chi connectivity index (χ3n) is 5.44. The molecule has 0 atom stereocenters. The number of benzene rings is 1. The van der Waals surface area contributed by atoms with Crippen LogP contribution in [0.5, 0.6) is 0 Å². The average molecular weight is 459 g/mol. The van der Waals surface area contributed by atoms with Crippen molar-refractivity contribution in [1.29, 1.82) is 0 Å².